The largest absolute Gasteiger partial charge is 0.341 e. The van der Waals surface area contributed by atoms with Gasteiger partial charge in [-0.15, -0.1) is 0 Å². The van der Waals surface area contributed by atoms with Crippen LogP contribution in [-0.2, 0) is 11.3 Å². The summed E-state index contributed by atoms with van der Waals surface area (Å²) in [5.74, 6) is 0.236. The first-order valence-electron chi connectivity index (χ1n) is 6.25. The second-order valence-corrected chi connectivity index (χ2v) is 4.65. The Morgan fingerprint density at radius 2 is 2.41 bits per heavy atom. The van der Waals surface area contributed by atoms with Crippen molar-refractivity contribution in [3.05, 3.63) is 18.7 Å². The molecule has 5 heteroatoms. The molecule has 1 amide bonds. The lowest BCUT2D eigenvalue weighted by atomic mass is 10.1. The number of rotatable bonds is 4. The summed E-state index contributed by atoms with van der Waals surface area (Å²) in [5, 5.41) is 0. The lowest BCUT2D eigenvalue weighted by Gasteiger charge is -2.30. The Kier molecular flexibility index (Phi) is 4.14. The van der Waals surface area contributed by atoms with Crippen LogP contribution >= 0.6 is 0 Å². The fourth-order valence-electron chi connectivity index (χ4n) is 2.23. The van der Waals surface area contributed by atoms with E-state index >= 15 is 0 Å². The first-order valence-corrected chi connectivity index (χ1v) is 6.25. The molecule has 1 aromatic heterocycles. The molecule has 1 atom stereocenters. The third-order valence-electron chi connectivity index (χ3n) is 3.18. The summed E-state index contributed by atoms with van der Waals surface area (Å²) in [6.45, 7) is 2.45. The molecule has 0 radical (unpaired) electrons. The molecule has 2 N–H and O–H groups in total. The lowest BCUT2D eigenvalue weighted by molar-refractivity contribution is -0.132. The standard InChI is InChI=1S/C12H20N4O/c13-11-3-1-7-16(9-11)12(17)4-2-6-15-8-5-14-10-15/h5,8,10-11H,1-4,6-7,9,13H2/t11-/m1/s1. The predicted octanol–water partition coefficient (Wildman–Crippen LogP) is 0.613. The van der Waals surface area contributed by atoms with Crippen molar-refractivity contribution in [1.82, 2.24) is 14.5 Å². The van der Waals surface area contributed by atoms with Crippen LogP contribution in [0.1, 0.15) is 25.7 Å². The summed E-state index contributed by atoms with van der Waals surface area (Å²) < 4.78 is 2.00. The maximum Gasteiger partial charge on any atom is 0.222 e. The van der Waals surface area contributed by atoms with Gasteiger partial charge in [0.25, 0.3) is 0 Å². The fourth-order valence-corrected chi connectivity index (χ4v) is 2.23. The molecule has 1 saturated heterocycles. The molecule has 0 saturated carbocycles. The summed E-state index contributed by atoms with van der Waals surface area (Å²) in [5.41, 5.74) is 5.86. The Hall–Kier alpha value is -1.36. The average molecular weight is 236 g/mol. The van der Waals surface area contributed by atoms with Gasteiger partial charge < -0.3 is 15.2 Å². The van der Waals surface area contributed by atoms with Crippen molar-refractivity contribution in [1.29, 1.82) is 0 Å². The zero-order valence-electron chi connectivity index (χ0n) is 10.1. The van der Waals surface area contributed by atoms with Crippen molar-refractivity contribution in [3.8, 4) is 0 Å². The molecule has 0 bridgehead atoms. The van der Waals surface area contributed by atoms with Crippen LogP contribution in [0.2, 0.25) is 0 Å². The van der Waals surface area contributed by atoms with E-state index in [1.807, 2.05) is 15.7 Å². The molecule has 0 aliphatic carbocycles. The maximum atomic E-state index is 11.9. The van der Waals surface area contributed by atoms with E-state index in [0.29, 0.717) is 6.42 Å². The number of carbonyl (C=O) groups excluding carboxylic acids is 1. The number of carbonyl (C=O) groups is 1. The van der Waals surface area contributed by atoms with Gasteiger partial charge in [0.15, 0.2) is 0 Å². The van der Waals surface area contributed by atoms with Crippen molar-refractivity contribution in [3.63, 3.8) is 0 Å². The average Bonchev–Trinajstić information content (AvgIpc) is 2.82. The highest BCUT2D eigenvalue weighted by atomic mass is 16.2. The summed E-state index contributed by atoms with van der Waals surface area (Å²) in [6.07, 6.45) is 8.99. The number of amides is 1. The van der Waals surface area contributed by atoms with Crippen LogP contribution in [0.25, 0.3) is 0 Å². The van der Waals surface area contributed by atoms with Crippen molar-refractivity contribution >= 4 is 5.91 Å². The molecule has 1 fully saturated rings. The molecule has 0 spiro atoms. The molecule has 5 nitrogen and oxygen atoms in total. The van der Waals surface area contributed by atoms with E-state index in [9.17, 15) is 4.79 Å². The molecule has 0 unspecified atom stereocenters. The summed E-state index contributed by atoms with van der Waals surface area (Å²) >= 11 is 0. The fraction of sp³-hybridized carbons (Fsp3) is 0.667. The minimum absolute atomic E-state index is 0.168. The molecular weight excluding hydrogens is 216 g/mol. The summed E-state index contributed by atoms with van der Waals surface area (Å²) in [4.78, 5) is 17.8. The van der Waals surface area contributed by atoms with Gasteiger partial charge in [-0.05, 0) is 19.3 Å². The van der Waals surface area contributed by atoms with Crippen LogP contribution in [0.15, 0.2) is 18.7 Å². The normalized spacial score (nSPS) is 20.5. The van der Waals surface area contributed by atoms with Crippen molar-refractivity contribution in [2.45, 2.75) is 38.3 Å². The van der Waals surface area contributed by atoms with E-state index in [4.69, 9.17) is 5.73 Å². The lowest BCUT2D eigenvalue weighted by Crippen LogP contribution is -2.45. The van der Waals surface area contributed by atoms with Gasteiger partial charge in [0, 0.05) is 44.5 Å². The molecule has 0 aromatic carbocycles. The van der Waals surface area contributed by atoms with Crippen molar-refractivity contribution < 1.29 is 4.79 Å². The Bertz CT molecular complexity index is 349. The van der Waals surface area contributed by atoms with Crippen molar-refractivity contribution in [2.75, 3.05) is 13.1 Å². The number of imidazole rings is 1. The van der Waals surface area contributed by atoms with E-state index in [1.54, 1.807) is 12.5 Å². The zero-order valence-corrected chi connectivity index (χ0v) is 10.1. The number of nitrogens with two attached hydrogens (primary N) is 1. The van der Waals surface area contributed by atoms with Gasteiger partial charge in [-0.1, -0.05) is 0 Å². The molecule has 2 rings (SSSR count). The monoisotopic (exact) mass is 236 g/mol. The van der Waals surface area contributed by atoms with Crippen LogP contribution in [0.3, 0.4) is 0 Å². The van der Waals surface area contributed by atoms with E-state index in [1.165, 1.54) is 0 Å². The smallest absolute Gasteiger partial charge is 0.222 e. The summed E-state index contributed by atoms with van der Waals surface area (Å²) in [6, 6.07) is 0.168. The number of aromatic nitrogens is 2. The highest BCUT2D eigenvalue weighted by Gasteiger charge is 2.20. The topological polar surface area (TPSA) is 64.2 Å². The Labute approximate surface area is 102 Å². The van der Waals surface area contributed by atoms with Gasteiger partial charge in [-0.25, -0.2) is 4.98 Å². The number of hydrogen-bond acceptors (Lipinski definition) is 3. The van der Waals surface area contributed by atoms with Crippen LogP contribution in [0, 0.1) is 0 Å². The molecule has 17 heavy (non-hydrogen) atoms. The molecule has 1 aliphatic rings. The number of piperidine rings is 1. The minimum Gasteiger partial charge on any atom is -0.341 e. The third-order valence-corrected chi connectivity index (χ3v) is 3.18. The Balaban J connectivity index is 1.70. The molecule has 1 aliphatic heterocycles. The maximum absolute atomic E-state index is 11.9. The van der Waals surface area contributed by atoms with E-state index in [2.05, 4.69) is 4.98 Å². The Morgan fingerprint density at radius 3 is 3.12 bits per heavy atom. The third kappa shape index (κ3) is 3.56. The van der Waals surface area contributed by atoms with Gasteiger partial charge in [-0.3, -0.25) is 4.79 Å². The number of aryl methyl sites for hydroxylation is 1. The van der Waals surface area contributed by atoms with Crippen LogP contribution < -0.4 is 5.73 Å². The van der Waals surface area contributed by atoms with Gasteiger partial charge in [0.05, 0.1) is 6.33 Å². The summed E-state index contributed by atoms with van der Waals surface area (Å²) in [7, 11) is 0. The zero-order chi connectivity index (χ0) is 12.1. The van der Waals surface area contributed by atoms with E-state index < -0.39 is 0 Å². The van der Waals surface area contributed by atoms with Crippen LogP contribution in [-0.4, -0.2) is 39.5 Å². The van der Waals surface area contributed by atoms with E-state index in [-0.39, 0.29) is 11.9 Å². The second kappa shape index (κ2) is 5.82. The van der Waals surface area contributed by atoms with Gasteiger partial charge in [-0.2, -0.15) is 0 Å². The van der Waals surface area contributed by atoms with Gasteiger partial charge in [0.2, 0.25) is 5.91 Å². The van der Waals surface area contributed by atoms with Gasteiger partial charge >= 0.3 is 0 Å². The second-order valence-electron chi connectivity index (χ2n) is 4.65. The predicted molar refractivity (Wildman–Crippen MR) is 65.3 cm³/mol. The first kappa shape index (κ1) is 12.1. The SMILES string of the molecule is N[C@@H]1CCCN(C(=O)CCCn2ccnc2)C1. The van der Waals surface area contributed by atoms with E-state index in [0.717, 1.165) is 38.9 Å². The molecule has 2 heterocycles. The molecular formula is C12H20N4O. The Morgan fingerprint density at radius 1 is 1.53 bits per heavy atom. The van der Waals surface area contributed by atoms with Gasteiger partial charge in [0.1, 0.15) is 0 Å². The molecule has 1 aromatic rings. The highest BCUT2D eigenvalue weighted by molar-refractivity contribution is 5.76. The minimum atomic E-state index is 0.168. The highest BCUT2D eigenvalue weighted by Crippen LogP contribution is 2.10. The van der Waals surface area contributed by atoms with Crippen molar-refractivity contribution in [2.24, 2.45) is 5.73 Å². The first-order chi connectivity index (χ1) is 8.25. The number of likely N-dealkylation sites (tertiary alicyclic amines) is 1. The van der Waals surface area contributed by atoms with Crippen LogP contribution in [0.5, 0.6) is 0 Å². The van der Waals surface area contributed by atoms with Crippen LogP contribution in [0.4, 0.5) is 0 Å². The number of hydrogen-bond donors (Lipinski definition) is 1. The quantitative estimate of drug-likeness (QED) is 0.833. The number of nitrogens with zero attached hydrogens (tertiary/aromatic N) is 3. The molecule has 94 valence electrons.